The lowest BCUT2D eigenvalue weighted by Gasteiger charge is -2.35. The molecular formula is C12H25NO2. The van der Waals surface area contributed by atoms with Crippen LogP contribution in [0.25, 0.3) is 0 Å². The lowest BCUT2D eigenvalue weighted by Crippen LogP contribution is -2.41. The zero-order valence-corrected chi connectivity index (χ0v) is 10.2. The van der Waals surface area contributed by atoms with Gasteiger partial charge in [-0.1, -0.05) is 6.92 Å². The third-order valence-corrected chi connectivity index (χ3v) is 3.74. The third kappa shape index (κ3) is 3.74. The highest BCUT2D eigenvalue weighted by Gasteiger charge is 2.28. The lowest BCUT2D eigenvalue weighted by molar-refractivity contribution is 0.0237. The van der Waals surface area contributed by atoms with Gasteiger partial charge in [0, 0.05) is 12.6 Å². The van der Waals surface area contributed by atoms with Gasteiger partial charge in [0.1, 0.15) is 0 Å². The van der Waals surface area contributed by atoms with E-state index in [1.54, 1.807) is 0 Å². The Morgan fingerprint density at radius 1 is 1.40 bits per heavy atom. The van der Waals surface area contributed by atoms with Crippen molar-refractivity contribution in [2.24, 2.45) is 11.8 Å². The Kier molecular flexibility index (Phi) is 5.03. The van der Waals surface area contributed by atoms with Crippen LogP contribution < -0.4 is 0 Å². The topological polar surface area (TPSA) is 43.7 Å². The van der Waals surface area contributed by atoms with E-state index < -0.39 is 0 Å². The fourth-order valence-corrected chi connectivity index (χ4v) is 2.37. The molecule has 4 unspecified atom stereocenters. The summed E-state index contributed by atoms with van der Waals surface area (Å²) >= 11 is 0. The van der Waals surface area contributed by atoms with E-state index in [2.05, 4.69) is 11.8 Å². The second-order valence-corrected chi connectivity index (χ2v) is 5.22. The van der Waals surface area contributed by atoms with Gasteiger partial charge in [-0.05, 0) is 45.1 Å². The maximum Gasteiger partial charge on any atom is 0.0584 e. The molecule has 2 N–H and O–H groups in total. The van der Waals surface area contributed by atoms with E-state index >= 15 is 0 Å². The highest BCUT2D eigenvalue weighted by molar-refractivity contribution is 4.80. The summed E-state index contributed by atoms with van der Waals surface area (Å²) in [4.78, 5) is 2.14. The number of likely N-dealkylation sites (N-methyl/N-ethyl adjacent to an activating group) is 1. The van der Waals surface area contributed by atoms with Crippen LogP contribution in [-0.4, -0.2) is 47.5 Å². The van der Waals surface area contributed by atoms with E-state index in [9.17, 15) is 5.11 Å². The van der Waals surface area contributed by atoms with Crippen molar-refractivity contribution < 1.29 is 10.2 Å². The fraction of sp³-hybridized carbons (Fsp3) is 1.00. The molecule has 0 bridgehead atoms. The molecule has 0 aromatic heterocycles. The Morgan fingerprint density at radius 3 is 2.67 bits per heavy atom. The van der Waals surface area contributed by atoms with Crippen molar-refractivity contribution in [2.75, 3.05) is 20.2 Å². The first-order valence-electron chi connectivity index (χ1n) is 6.03. The minimum Gasteiger partial charge on any atom is -0.395 e. The Balaban J connectivity index is 2.41. The van der Waals surface area contributed by atoms with Crippen LogP contribution in [0, 0.1) is 11.8 Å². The first kappa shape index (κ1) is 12.9. The molecule has 0 amide bonds. The molecule has 3 heteroatoms. The molecule has 1 rings (SSSR count). The Morgan fingerprint density at radius 2 is 2.07 bits per heavy atom. The van der Waals surface area contributed by atoms with Crippen molar-refractivity contribution in [2.45, 2.75) is 45.3 Å². The summed E-state index contributed by atoms with van der Waals surface area (Å²) in [6.07, 6.45) is 3.06. The van der Waals surface area contributed by atoms with E-state index in [-0.39, 0.29) is 18.8 Å². The van der Waals surface area contributed by atoms with Gasteiger partial charge in [0.15, 0.2) is 0 Å². The van der Waals surface area contributed by atoms with Crippen molar-refractivity contribution in [1.29, 1.82) is 0 Å². The molecule has 0 spiro atoms. The van der Waals surface area contributed by atoms with E-state index in [0.717, 1.165) is 31.7 Å². The number of nitrogens with zero attached hydrogens (tertiary/aromatic N) is 1. The molecule has 0 aliphatic heterocycles. The van der Waals surface area contributed by atoms with Gasteiger partial charge in [0.25, 0.3) is 0 Å². The van der Waals surface area contributed by atoms with Crippen LogP contribution in [0.15, 0.2) is 0 Å². The van der Waals surface area contributed by atoms with E-state index in [1.807, 2.05) is 14.0 Å². The van der Waals surface area contributed by atoms with Crippen molar-refractivity contribution in [1.82, 2.24) is 4.90 Å². The second kappa shape index (κ2) is 5.83. The fourth-order valence-electron chi connectivity index (χ4n) is 2.37. The normalized spacial score (nSPS) is 34.4. The SMILES string of the molecule is CC1CCC(O)C(CN(C)C(C)CO)C1. The third-order valence-electron chi connectivity index (χ3n) is 3.74. The Hall–Kier alpha value is -0.120. The van der Waals surface area contributed by atoms with Crippen LogP contribution in [-0.2, 0) is 0 Å². The van der Waals surface area contributed by atoms with Gasteiger partial charge in [-0.3, -0.25) is 0 Å². The largest absolute Gasteiger partial charge is 0.395 e. The van der Waals surface area contributed by atoms with Crippen LogP contribution in [0.5, 0.6) is 0 Å². The quantitative estimate of drug-likeness (QED) is 0.738. The maximum absolute atomic E-state index is 9.90. The molecule has 1 fully saturated rings. The lowest BCUT2D eigenvalue weighted by atomic mass is 9.80. The van der Waals surface area contributed by atoms with Crippen LogP contribution in [0.4, 0.5) is 0 Å². The molecule has 4 atom stereocenters. The minimum atomic E-state index is -0.144. The summed E-state index contributed by atoms with van der Waals surface area (Å²) in [5.74, 6) is 1.11. The number of aliphatic hydroxyl groups excluding tert-OH is 2. The van der Waals surface area contributed by atoms with Crippen molar-refractivity contribution in [3.8, 4) is 0 Å². The van der Waals surface area contributed by atoms with Gasteiger partial charge in [-0.2, -0.15) is 0 Å². The molecule has 15 heavy (non-hydrogen) atoms. The number of hydrogen-bond acceptors (Lipinski definition) is 3. The first-order valence-corrected chi connectivity index (χ1v) is 6.03. The smallest absolute Gasteiger partial charge is 0.0584 e. The molecule has 3 nitrogen and oxygen atoms in total. The number of aliphatic hydroxyl groups is 2. The van der Waals surface area contributed by atoms with Gasteiger partial charge in [-0.25, -0.2) is 0 Å². The van der Waals surface area contributed by atoms with Gasteiger partial charge in [0.05, 0.1) is 12.7 Å². The van der Waals surface area contributed by atoms with Crippen LogP contribution in [0.2, 0.25) is 0 Å². The summed E-state index contributed by atoms with van der Waals surface area (Å²) in [5.41, 5.74) is 0. The molecule has 0 radical (unpaired) electrons. The molecule has 1 aliphatic carbocycles. The Labute approximate surface area is 93.1 Å². The van der Waals surface area contributed by atoms with Gasteiger partial charge in [-0.15, -0.1) is 0 Å². The van der Waals surface area contributed by atoms with E-state index in [0.29, 0.717) is 5.92 Å². The van der Waals surface area contributed by atoms with E-state index in [4.69, 9.17) is 5.11 Å². The highest BCUT2D eigenvalue weighted by Crippen LogP contribution is 2.29. The minimum absolute atomic E-state index is 0.144. The molecule has 1 aliphatic rings. The maximum atomic E-state index is 9.90. The zero-order chi connectivity index (χ0) is 11.4. The van der Waals surface area contributed by atoms with Crippen molar-refractivity contribution >= 4 is 0 Å². The van der Waals surface area contributed by atoms with Gasteiger partial charge in [0.2, 0.25) is 0 Å². The van der Waals surface area contributed by atoms with Gasteiger partial charge >= 0.3 is 0 Å². The van der Waals surface area contributed by atoms with Crippen LogP contribution >= 0.6 is 0 Å². The monoisotopic (exact) mass is 215 g/mol. The zero-order valence-electron chi connectivity index (χ0n) is 10.2. The predicted octanol–water partition coefficient (Wildman–Crippen LogP) is 1.10. The van der Waals surface area contributed by atoms with Crippen LogP contribution in [0.3, 0.4) is 0 Å². The predicted molar refractivity (Wildman–Crippen MR) is 61.7 cm³/mol. The average molecular weight is 215 g/mol. The summed E-state index contributed by atoms with van der Waals surface area (Å²) in [5, 5.41) is 18.9. The second-order valence-electron chi connectivity index (χ2n) is 5.22. The first-order chi connectivity index (χ1) is 7.04. The van der Waals surface area contributed by atoms with Crippen LogP contribution in [0.1, 0.15) is 33.1 Å². The average Bonchev–Trinajstić information content (AvgIpc) is 2.22. The molecule has 90 valence electrons. The van der Waals surface area contributed by atoms with E-state index in [1.165, 1.54) is 0 Å². The number of rotatable bonds is 4. The standard InChI is InChI=1S/C12H25NO2/c1-9-4-5-12(15)11(6-9)7-13(3)10(2)8-14/h9-12,14-15H,4-8H2,1-3H3. The van der Waals surface area contributed by atoms with Crippen molar-refractivity contribution in [3.05, 3.63) is 0 Å². The molecular weight excluding hydrogens is 190 g/mol. The molecule has 0 heterocycles. The molecule has 1 saturated carbocycles. The highest BCUT2D eigenvalue weighted by atomic mass is 16.3. The van der Waals surface area contributed by atoms with Gasteiger partial charge < -0.3 is 15.1 Å². The molecule has 0 saturated heterocycles. The molecule has 0 aromatic carbocycles. The summed E-state index contributed by atoms with van der Waals surface area (Å²) in [7, 11) is 2.02. The summed E-state index contributed by atoms with van der Waals surface area (Å²) < 4.78 is 0. The number of hydrogen-bond donors (Lipinski definition) is 2. The Bertz CT molecular complexity index is 186. The summed E-state index contributed by atoms with van der Waals surface area (Å²) in [6, 6.07) is 0.189. The summed E-state index contributed by atoms with van der Waals surface area (Å²) in [6.45, 7) is 5.36. The van der Waals surface area contributed by atoms with Crippen molar-refractivity contribution in [3.63, 3.8) is 0 Å². The molecule has 0 aromatic rings.